The quantitative estimate of drug-likeness (QED) is 0.657. The third-order valence-corrected chi connectivity index (χ3v) is 2.27. The molecule has 0 spiro atoms. The summed E-state index contributed by atoms with van der Waals surface area (Å²) >= 11 is 0. The van der Waals surface area contributed by atoms with Crippen molar-refractivity contribution in [2.45, 2.75) is 31.9 Å². The first-order valence-corrected chi connectivity index (χ1v) is 4.93. The van der Waals surface area contributed by atoms with Gasteiger partial charge < -0.3 is 15.2 Å². The molecule has 0 aromatic carbocycles. The van der Waals surface area contributed by atoms with Crippen molar-refractivity contribution in [3.63, 3.8) is 0 Å². The Bertz CT molecular complexity index is 215. The monoisotopic (exact) mass is 199 g/mol. The van der Waals surface area contributed by atoms with Gasteiger partial charge in [-0.2, -0.15) is 0 Å². The fourth-order valence-corrected chi connectivity index (χ4v) is 1.58. The summed E-state index contributed by atoms with van der Waals surface area (Å²) < 4.78 is 5.40. The van der Waals surface area contributed by atoms with Gasteiger partial charge in [0.1, 0.15) is 0 Å². The summed E-state index contributed by atoms with van der Waals surface area (Å²) in [7, 11) is 0. The van der Waals surface area contributed by atoms with Crippen molar-refractivity contribution >= 4 is 5.97 Å². The summed E-state index contributed by atoms with van der Waals surface area (Å²) in [6.45, 7) is 3.46. The predicted molar refractivity (Wildman–Crippen MR) is 53.2 cm³/mol. The summed E-state index contributed by atoms with van der Waals surface area (Å²) in [6.07, 6.45) is 5.11. The minimum atomic E-state index is -0.896. The normalized spacial score (nSPS) is 28.1. The summed E-state index contributed by atoms with van der Waals surface area (Å²) in [6, 6.07) is 0.456. The Morgan fingerprint density at radius 2 is 2.50 bits per heavy atom. The molecule has 0 aromatic rings. The third-order valence-electron chi connectivity index (χ3n) is 2.27. The van der Waals surface area contributed by atoms with Crippen LogP contribution in [-0.4, -0.2) is 36.4 Å². The van der Waals surface area contributed by atoms with Gasteiger partial charge in [-0.1, -0.05) is 6.08 Å². The van der Waals surface area contributed by atoms with Crippen molar-refractivity contribution in [1.82, 2.24) is 5.32 Å². The summed E-state index contributed by atoms with van der Waals surface area (Å²) in [4.78, 5) is 10.2. The van der Waals surface area contributed by atoms with E-state index in [1.54, 1.807) is 6.08 Å². The van der Waals surface area contributed by atoms with E-state index in [9.17, 15) is 4.79 Å². The van der Waals surface area contributed by atoms with E-state index in [1.807, 2.05) is 0 Å². The van der Waals surface area contributed by atoms with Crippen LogP contribution in [0.2, 0.25) is 0 Å². The number of hydrogen-bond acceptors (Lipinski definition) is 3. The van der Waals surface area contributed by atoms with Crippen LogP contribution in [0.15, 0.2) is 12.2 Å². The van der Waals surface area contributed by atoms with Crippen molar-refractivity contribution in [3.8, 4) is 0 Å². The second kappa shape index (κ2) is 5.78. The Kier molecular flexibility index (Phi) is 4.62. The van der Waals surface area contributed by atoms with E-state index in [2.05, 4.69) is 12.2 Å². The molecule has 14 heavy (non-hydrogen) atoms. The molecule has 2 atom stereocenters. The molecule has 0 bridgehead atoms. The Balaban J connectivity index is 2.14. The molecule has 1 aliphatic rings. The molecule has 0 aromatic heterocycles. The number of carboxylic acid groups (broad SMARTS) is 1. The predicted octanol–water partition coefficient (Wildman–Crippen LogP) is 0.784. The maximum atomic E-state index is 10.2. The van der Waals surface area contributed by atoms with Crippen LogP contribution in [0.3, 0.4) is 0 Å². The number of ether oxygens (including phenoxy) is 1. The van der Waals surface area contributed by atoms with E-state index in [1.165, 1.54) is 0 Å². The molecule has 2 N–H and O–H groups in total. The van der Waals surface area contributed by atoms with Gasteiger partial charge in [0.25, 0.3) is 0 Å². The summed E-state index contributed by atoms with van der Waals surface area (Å²) in [5.74, 6) is -0.896. The molecule has 4 nitrogen and oxygen atoms in total. The molecule has 0 saturated carbocycles. The smallest absolute Gasteiger partial charge is 0.328 e. The molecule has 1 saturated heterocycles. The average molecular weight is 199 g/mol. The van der Waals surface area contributed by atoms with E-state index in [0.29, 0.717) is 18.7 Å². The highest BCUT2D eigenvalue weighted by molar-refractivity contribution is 5.79. The molecule has 4 heteroatoms. The molecule has 80 valence electrons. The first-order chi connectivity index (χ1) is 6.68. The van der Waals surface area contributed by atoms with E-state index in [4.69, 9.17) is 9.84 Å². The molecule has 1 rings (SSSR count). The number of aliphatic carboxylic acids is 1. The molecule has 0 amide bonds. The molecular formula is C10H17NO3. The van der Waals surface area contributed by atoms with Crippen LogP contribution in [0.1, 0.15) is 19.8 Å². The molecule has 1 fully saturated rings. The lowest BCUT2D eigenvalue weighted by atomic mass is 10.0. The number of carboxylic acids is 1. The van der Waals surface area contributed by atoms with Crippen LogP contribution in [0.25, 0.3) is 0 Å². The highest BCUT2D eigenvalue weighted by Gasteiger charge is 2.17. The molecular weight excluding hydrogens is 182 g/mol. The second-order valence-corrected chi connectivity index (χ2v) is 3.55. The van der Waals surface area contributed by atoms with Gasteiger partial charge in [0.05, 0.1) is 6.10 Å². The van der Waals surface area contributed by atoms with Gasteiger partial charge in [-0.05, 0) is 19.8 Å². The Labute approximate surface area is 83.9 Å². The van der Waals surface area contributed by atoms with E-state index in [0.717, 1.165) is 25.5 Å². The summed E-state index contributed by atoms with van der Waals surface area (Å²) in [5.41, 5.74) is 0. The lowest BCUT2D eigenvalue weighted by molar-refractivity contribution is -0.131. The largest absolute Gasteiger partial charge is 0.478 e. The molecule has 2 unspecified atom stereocenters. The number of rotatable bonds is 4. The van der Waals surface area contributed by atoms with Crippen LogP contribution in [-0.2, 0) is 9.53 Å². The van der Waals surface area contributed by atoms with Crippen molar-refractivity contribution in [2.75, 3.05) is 13.2 Å². The number of hydrogen-bond donors (Lipinski definition) is 2. The number of nitrogens with one attached hydrogen (secondary N) is 1. The zero-order valence-electron chi connectivity index (χ0n) is 8.40. The van der Waals surface area contributed by atoms with E-state index < -0.39 is 5.97 Å². The van der Waals surface area contributed by atoms with Crippen LogP contribution in [0.5, 0.6) is 0 Å². The second-order valence-electron chi connectivity index (χ2n) is 3.55. The maximum absolute atomic E-state index is 10.2. The van der Waals surface area contributed by atoms with Gasteiger partial charge in [0.2, 0.25) is 0 Å². The van der Waals surface area contributed by atoms with Gasteiger partial charge in [-0.3, -0.25) is 0 Å². The standard InChI is InChI=1S/C10H17NO3/c1-8-7-9(4-6-14-8)11-5-2-3-10(12)13/h2-3,8-9,11H,4-7H2,1H3,(H,12,13)/b3-2+. The van der Waals surface area contributed by atoms with Crippen molar-refractivity contribution < 1.29 is 14.6 Å². The Morgan fingerprint density at radius 3 is 3.14 bits per heavy atom. The van der Waals surface area contributed by atoms with E-state index in [-0.39, 0.29) is 0 Å². The van der Waals surface area contributed by atoms with Crippen LogP contribution in [0.4, 0.5) is 0 Å². The molecule has 0 radical (unpaired) electrons. The Morgan fingerprint density at radius 1 is 1.71 bits per heavy atom. The molecule has 1 aliphatic heterocycles. The molecule has 1 heterocycles. The van der Waals surface area contributed by atoms with Gasteiger partial charge in [-0.25, -0.2) is 4.79 Å². The van der Waals surface area contributed by atoms with Crippen molar-refractivity contribution in [1.29, 1.82) is 0 Å². The highest BCUT2D eigenvalue weighted by atomic mass is 16.5. The van der Waals surface area contributed by atoms with Crippen molar-refractivity contribution in [2.24, 2.45) is 0 Å². The number of carbonyl (C=O) groups is 1. The van der Waals surface area contributed by atoms with Crippen molar-refractivity contribution in [3.05, 3.63) is 12.2 Å². The minimum absolute atomic E-state index is 0.310. The van der Waals surface area contributed by atoms with Gasteiger partial charge in [0, 0.05) is 25.3 Å². The fourth-order valence-electron chi connectivity index (χ4n) is 1.58. The average Bonchev–Trinajstić information content (AvgIpc) is 2.12. The van der Waals surface area contributed by atoms with Crippen LogP contribution in [0, 0.1) is 0 Å². The maximum Gasteiger partial charge on any atom is 0.328 e. The minimum Gasteiger partial charge on any atom is -0.478 e. The zero-order chi connectivity index (χ0) is 10.4. The first-order valence-electron chi connectivity index (χ1n) is 4.93. The SMILES string of the molecule is CC1CC(NC/C=C/C(=O)O)CCO1. The summed E-state index contributed by atoms with van der Waals surface area (Å²) in [5, 5.41) is 11.6. The lowest BCUT2D eigenvalue weighted by Gasteiger charge is -2.27. The van der Waals surface area contributed by atoms with Crippen LogP contribution < -0.4 is 5.32 Å². The van der Waals surface area contributed by atoms with Crippen LogP contribution >= 0.6 is 0 Å². The molecule has 0 aliphatic carbocycles. The van der Waals surface area contributed by atoms with E-state index >= 15 is 0 Å². The first kappa shape index (κ1) is 11.2. The van der Waals surface area contributed by atoms with Gasteiger partial charge in [-0.15, -0.1) is 0 Å². The zero-order valence-corrected chi connectivity index (χ0v) is 8.40. The van der Waals surface area contributed by atoms with Gasteiger partial charge in [0.15, 0.2) is 0 Å². The topological polar surface area (TPSA) is 58.6 Å². The Hall–Kier alpha value is -0.870. The third kappa shape index (κ3) is 4.39. The highest BCUT2D eigenvalue weighted by Crippen LogP contribution is 2.12. The van der Waals surface area contributed by atoms with Gasteiger partial charge >= 0.3 is 5.97 Å². The lowest BCUT2D eigenvalue weighted by Crippen LogP contribution is -2.38. The fraction of sp³-hybridized carbons (Fsp3) is 0.700.